The van der Waals surface area contributed by atoms with Gasteiger partial charge in [0, 0.05) is 0 Å². The lowest BCUT2D eigenvalue weighted by atomic mass is 10.3. The molecule has 0 aromatic carbocycles. The third-order valence-corrected chi connectivity index (χ3v) is 1.33. The van der Waals surface area contributed by atoms with Crippen molar-refractivity contribution in [3.05, 3.63) is 12.7 Å². The maximum Gasteiger partial charge on any atom is 0.0805 e. The number of rotatable bonds is 5. The second-order valence-electron chi connectivity index (χ2n) is 2.61. The smallest absolute Gasteiger partial charge is 0.0805 e. The van der Waals surface area contributed by atoms with E-state index in [-0.39, 0.29) is 13.2 Å². The topological polar surface area (TPSA) is 80.9 Å². The Balaban J connectivity index is 0. The molecule has 4 heteroatoms. The molecule has 4 N–H and O–H groups in total. The van der Waals surface area contributed by atoms with Crippen LogP contribution in [0.2, 0.25) is 0 Å². The van der Waals surface area contributed by atoms with Crippen LogP contribution in [-0.4, -0.2) is 45.8 Å². The number of aliphatic hydroxyl groups is 4. The first-order valence-electron chi connectivity index (χ1n) is 4.31. The quantitative estimate of drug-likeness (QED) is 0.449. The van der Waals surface area contributed by atoms with Crippen LogP contribution in [0.3, 0.4) is 0 Å². The molecule has 4 nitrogen and oxygen atoms in total. The predicted molar refractivity (Wildman–Crippen MR) is 51.3 cm³/mol. The average Bonchev–Trinajstić information content (AvgIpc) is 2.18. The molecule has 0 aliphatic rings. The molecule has 0 spiro atoms. The summed E-state index contributed by atoms with van der Waals surface area (Å²) in [6.45, 7) is 4.91. The fourth-order valence-corrected chi connectivity index (χ4v) is 0.396. The first kappa shape index (κ1) is 15.1. The first-order valence-corrected chi connectivity index (χ1v) is 4.31. The second-order valence-corrected chi connectivity index (χ2v) is 2.61. The van der Waals surface area contributed by atoms with E-state index in [4.69, 9.17) is 20.4 Å². The molecule has 0 saturated heterocycles. The summed E-state index contributed by atoms with van der Waals surface area (Å²) in [7, 11) is 0. The van der Waals surface area contributed by atoms with Crippen LogP contribution in [0, 0.1) is 0 Å². The Kier molecular flexibility index (Phi) is 13.4. The van der Waals surface area contributed by atoms with E-state index in [9.17, 15) is 0 Å². The van der Waals surface area contributed by atoms with Crippen molar-refractivity contribution in [1.82, 2.24) is 0 Å². The van der Waals surface area contributed by atoms with Crippen LogP contribution in [0.1, 0.15) is 19.8 Å². The van der Waals surface area contributed by atoms with Gasteiger partial charge < -0.3 is 20.4 Å². The number of hydrogen-bond donors (Lipinski definition) is 4. The molecule has 2 atom stereocenters. The molecule has 0 amide bonds. The van der Waals surface area contributed by atoms with Gasteiger partial charge in [-0.2, -0.15) is 0 Å². The van der Waals surface area contributed by atoms with Crippen molar-refractivity contribution >= 4 is 0 Å². The van der Waals surface area contributed by atoms with Crippen LogP contribution >= 0.6 is 0 Å². The van der Waals surface area contributed by atoms with Gasteiger partial charge in [-0.25, -0.2) is 0 Å². The second kappa shape index (κ2) is 11.6. The Morgan fingerprint density at radius 1 is 1.15 bits per heavy atom. The lowest BCUT2D eigenvalue weighted by molar-refractivity contribution is 0.0923. The zero-order chi connectivity index (χ0) is 10.7. The van der Waals surface area contributed by atoms with Crippen LogP contribution in [-0.2, 0) is 0 Å². The van der Waals surface area contributed by atoms with Gasteiger partial charge in [-0.15, -0.1) is 6.58 Å². The molecular weight excluding hydrogens is 172 g/mol. The van der Waals surface area contributed by atoms with Crippen molar-refractivity contribution in [2.75, 3.05) is 13.2 Å². The van der Waals surface area contributed by atoms with E-state index in [1.807, 2.05) is 6.92 Å². The van der Waals surface area contributed by atoms with Crippen molar-refractivity contribution in [2.45, 2.75) is 32.0 Å². The molecule has 0 rings (SSSR count). The standard InChI is InChI=1S/C5H10O2.C4H10O2/c1-2-3-5(7)4-6;1-2-4(6)3-5/h2,5-7H,1,3-4H2;4-6H,2-3H2,1H3. The molecule has 2 unspecified atom stereocenters. The Morgan fingerprint density at radius 2 is 1.62 bits per heavy atom. The zero-order valence-corrected chi connectivity index (χ0v) is 8.06. The van der Waals surface area contributed by atoms with Crippen LogP contribution in [0.25, 0.3) is 0 Å². The van der Waals surface area contributed by atoms with Crippen LogP contribution in [0.15, 0.2) is 12.7 Å². The highest BCUT2D eigenvalue weighted by Gasteiger charge is 1.94. The van der Waals surface area contributed by atoms with Crippen LogP contribution in [0.4, 0.5) is 0 Å². The molecule has 0 aliphatic carbocycles. The SMILES string of the molecule is C=CCC(O)CO.CCC(O)CO. The van der Waals surface area contributed by atoms with Crippen molar-refractivity contribution in [2.24, 2.45) is 0 Å². The molecule has 0 saturated carbocycles. The fourth-order valence-electron chi connectivity index (χ4n) is 0.396. The van der Waals surface area contributed by atoms with E-state index in [0.717, 1.165) is 0 Å². The third-order valence-electron chi connectivity index (χ3n) is 1.33. The van der Waals surface area contributed by atoms with Gasteiger partial charge in [-0.1, -0.05) is 13.0 Å². The fraction of sp³-hybridized carbons (Fsp3) is 0.778. The summed E-state index contributed by atoms with van der Waals surface area (Å²) in [5, 5.41) is 33.2. The number of aliphatic hydroxyl groups excluding tert-OH is 4. The maximum absolute atomic E-state index is 8.54. The largest absolute Gasteiger partial charge is 0.394 e. The molecule has 0 fully saturated rings. The lowest BCUT2D eigenvalue weighted by Crippen LogP contribution is -2.09. The summed E-state index contributed by atoms with van der Waals surface area (Å²) in [6.07, 6.45) is 1.55. The van der Waals surface area contributed by atoms with Crippen molar-refractivity contribution < 1.29 is 20.4 Å². The van der Waals surface area contributed by atoms with Gasteiger partial charge in [-0.05, 0) is 12.8 Å². The summed E-state index contributed by atoms with van der Waals surface area (Å²) in [4.78, 5) is 0. The molecule has 0 aliphatic heterocycles. The third kappa shape index (κ3) is 14.4. The minimum atomic E-state index is -0.613. The minimum absolute atomic E-state index is 0.115. The van der Waals surface area contributed by atoms with Gasteiger partial charge >= 0.3 is 0 Å². The predicted octanol–water partition coefficient (Wildman–Crippen LogP) is -0.335. The summed E-state index contributed by atoms with van der Waals surface area (Å²) >= 11 is 0. The summed E-state index contributed by atoms with van der Waals surface area (Å²) in [5.41, 5.74) is 0. The molecule has 13 heavy (non-hydrogen) atoms. The van der Waals surface area contributed by atoms with E-state index in [1.165, 1.54) is 0 Å². The van der Waals surface area contributed by atoms with Gasteiger partial charge in [-0.3, -0.25) is 0 Å². The molecular formula is C9H20O4. The Morgan fingerprint density at radius 3 is 1.69 bits per heavy atom. The van der Waals surface area contributed by atoms with Gasteiger partial charge in [0.15, 0.2) is 0 Å². The average molecular weight is 192 g/mol. The minimum Gasteiger partial charge on any atom is -0.394 e. The molecule has 0 radical (unpaired) electrons. The van der Waals surface area contributed by atoms with Gasteiger partial charge in [0.05, 0.1) is 25.4 Å². The van der Waals surface area contributed by atoms with Gasteiger partial charge in [0.1, 0.15) is 0 Å². The molecule has 0 aromatic heterocycles. The van der Waals surface area contributed by atoms with E-state index in [1.54, 1.807) is 6.08 Å². The van der Waals surface area contributed by atoms with E-state index in [0.29, 0.717) is 12.8 Å². The number of hydrogen-bond acceptors (Lipinski definition) is 4. The van der Waals surface area contributed by atoms with E-state index in [2.05, 4.69) is 6.58 Å². The lowest BCUT2D eigenvalue weighted by Gasteiger charge is -1.98. The summed E-state index contributed by atoms with van der Waals surface area (Å²) in [6, 6.07) is 0. The molecule has 80 valence electrons. The Bertz CT molecular complexity index is 102. The van der Waals surface area contributed by atoms with E-state index < -0.39 is 12.2 Å². The summed E-state index contributed by atoms with van der Waals surface area (Å²) < 4.78 is 0. The van der Waals surface area contributed by atoms with Crippen molar-refractivity contribution in [1.29, 1.82) is 0 Å². The first-order chi connectivity index (χ1) is 6.12. The monoisotopic (exact) mass is 192 g/mol. The highest BCUT2D eigenvalue weighted by atomic mass is 16.3. The Hall–Kier alpha value is -0.420. The van der Waals surface area contributed by atoms with Gasteiger partial charge in [0.2, 0.25) is 0 Å². The van der Waals surface area contributed by atoms with Crippen LogP contribution in [0.5, 0.6) is 0 Å². The van der Waals surface area contributed by atoms with Crippen molar-refractivity contribution in [3.8, 4) is 0 Å². The van der Waals surface area contributed by atoms with Gasteiger partial charge in [0.25, 0.3) is 0 Å². The van der Waals surface area contributed by atoms with Crippen LogP contribution < -0.4 is 0 Å². The highest BCUT2D eigenvalue weighted by molar-refractivity contribution is 4.70. The van der Waals surface area contributed by atoms with E-state index >= 15 is 0 Å². The highest BCUT2D eigenvalue weighted by Crippen LogP contribution is 1.87. The molecule has 0 aromatic rings. The van der Waals surface area contributed by atoms with Crippen molar-refractivity contribution in [3.63, 3.8) is 0 Å². The normalized spacial score (nSPS) is 13.9. The zero-order valence-electron chi connectivity index (χ0n) is 8.06. The maximum atomic E-state index is 8.54. The molecule has 0 bridgehead atoms. The Labute approximate surface area is 79.2 Å². The molecule has 0 heterocycles. The summed E-state index contributed by atoms with van der Waals surface area (Å²) in [5.74, 6) is 0.